The molecular formula is C18H14Cl2N4O3S2. The maximum absolute atomic E-state index is 12.0. The molecule has 0 aliphatic heterocycles. The number of anilines is 2. The summed E-state index contributed by atoms with van der Waals surface area (Å²) >= 11 is 14.1. The number of nitrogens with zero attached hydrogens (tertiary/aromatic N) is 2. The standard InChI is InChI=1S/C18H14Cl2N4O3S2/c19-11-4-6-14(7-5-11)27-9-15(25)22-17-23-24-18(29-17)28-10-16(26)21-13-3-1-2-12(20)8-13/h1-8H,9-10H2,(H,21,26)(H,22,23,25). The second-order valence-corrected chi connectivity index (χ2v) is 8.58. The van der Waals surface area contributed by atoms with E-state index in [2.05, 4.69) is 20.8 Å². The minimum atomic E-state index is -0.369. The minimum absolute atomic E-state index is 0.148. The van der Waals surface area contributed by atoms with Gasteiger partial charge in [0.25, 0.3) is 5.91 Å². The quantitative estimate of drug-likeness (QED) is 0.370. The zero-order chi connectivity index (χ0) is 20.6. The molecule has 0 bridgehead atoms. The van der Waals surface area contributed by atoms with Crippen molar-refractivity contribution in [1.82, 2.24) is 10.2 Å². The summed E-state index contributed by atoms with van der Waals surface area (Å²) in [5, 5.41) is 14.6. The third kappa shape index (κ3) is 7.21. The van der Waals surface area contributed by atoms with E-state index in [0.717, 1.165) is 0 Å². The molecule has 11 heteroatoms. The molecule has 2 amide bonds. The zero-order valence-electron chi connectivity index (χ0n) is 14.7. The second kappa shape index (κ2) is 10.4. The van der Waals surface area contributed by atoms with Crippen LogP contribution in [0.25, 0.3) is 0 Å². The molecule has 2 aromatic carbocycles. The molecule has 0 atom stereocenters. The van der Waals surface area contributed by atoms with E-state index in [1.807, 2.05) is 0 Å². The molecule has 0 fully saturated rings. The highest BCUT2D eigenvalue weighted by atomic mass is 35.5. The largest absolute Gasteiger partial charge is 0.484 e. The predicted octanol–water partition coefficient (Wildman–Crippen LogP) is 4.59. The Morgan fingerprint density at radius 1 is 1.00 bits per heavy atom. The number of carbonyl (C=O) groups is 2. The van der Waals surface area contributed by atoms with Crippen LogP contribution in [0.3, 0.4) is 0 Å². The lowest BCUT2D eigenvalue weighted by atomic mass is 10.3. The summed E-state index contributed by atoms with van der Waals surface area (Å²) in [5.74, 6) is 0.110. The van der Waals surface area contributed by atoms with Crippen molar-refractivity contribution in [2.24, 2.45) is 0 Å². The molecule has 3 aromatic rings. The number of hydrogen-bond donors (Lipinski definition) is 2. The molecule has 0 saturated heterocycles. The molecule has 0 spiro atoms. The van der Waals surface area contributed by atoms with Gasteiger partial charge in [0, 0.05) is 15.7 Å². The van der Waals surface area contributed by atoms with Crippen molar-refractivity contribution in [3.8, 4) is 5.75 Å². The van der Waals surface area contributed by atoms with Crippen LogP contribution in [0.4, 0.5) is 10.8 Å². The molecule has 2 N–H and O–H groups in total. The van der Waals surface area contributed by atoms with Crippen LogP contribution < -0.4 is 15.4 Å². The first-order chi connectivity index (χ1) is 14.0. The molecule has 0 aliphatic carbocycles. The number of benzene rings is 2. The lowest BCUT2D eigenvalue weighted by Gasteiger charge is -2.05. The Kier molecular flexibility index (Phi) is 7.70. The predicted molar refractivity (Wildman–Crippen MR) is 116 cm³/mol. The first kappa shape index (κ1) is 21.4. The van der Waals surface area contributed by atoms with Gasteiger partial charge in [0.05, 0.1) is 5.75 Å². The number of nitrogens with one attached hydrogen (secondary N) is 2. The number of rotatable bonds is 8. The van der Waals surface area contributed by atoms with E-state index in [1.165, 1.54) is 23.1 Å². The van der Waals surface area contributed by atoms with Crippen molar-refractivity contribution >= 4 is 68.9 Å². The molecule has 0 aliphatic rings. The van der Waals surface area contributed by atoms with Gasteiger partial charge in [-0.3, -0.25) is 14.9 Å². The van der Waals surface area contributed by atoms with Gasteiger partial charge in [0.2, 0.25) is 11.0 Å². The van der Waals surface area contributed by atoms with E-state index in [1.54, 1.807) is 48.5 Å². The van der Waals surface area contributed by atoms with E-state index < -0.39 is 0 Å². The lowest BCUT2D eigenvalue weighted by Crippen LogP contribution is -2.20. The maximum atomic E-state index is 12.0. The Bertz CT molecular complexity index is 999. The monoisotopic (exact) mass is 468 g/mol. The number of aromatic nitrogens is 2. The first-order valence-electron chi connectivity index (χ1n) is 8.18. The van der Waals surface area contributed by atoms with Crippen LogP contribution in [0, 0.1) is 0 Å². The van der Waals surface area contributed by atoms with Gasteiger partial charge < -0.3 is 10.1 Å². The van der Waals surface area contributed by atoms with Gasteiger partial charge in [-0.05, 0) is 42.5 Å². The number of hydrogen-bond acceptors (Lipinski definition) is 7. The Morgan fingerprint density at radius 3 is 2.55 bits per heavy atom. The van der Waals surface area contributed by atoms with Crippen molar-refractivity contribution in [2.45, 2.75) is 4.34 Å². The second-order valence-electron chi connectivity index (χ2n) is 5.51. The summed E-state index contributed by atoms with van der Waals surface area (Å²) in [7, 11) is 0. The fourth-order valence-electron chi connectivity index (χ4n) is 2.04. The van der Waals surface area contributed by atoms with Crippen LogP contribution in [0.5, 0.6) is 5.75 Å². The molecule has 7 nitrogen and oxygen atoms in total. The number of thioether (sulfide) groups is 1. The van der Waals surface area contributed by atoms with Crippen molar-refractivity contribution in [3.05, 3.63) is 58.6 Å². The third-order valence-corrected chi connectivity index (χ3v) is 5.73. The number of ether oxygens (including phenoxy) is 1. The number of amides is 2. The van der Waals surface area contributed by atoms with Crippen LogP contribution in [-0.2, 0) is 9.59 Å². The Labute approximate surface area is 184 Å². The van der Waals surface area contributed by atoms with Gasteiger partial charge in [0.1, 0.15) is 5.75 Å². The summed E-state index contributed by atoms with van der Waals surface area (Å²) < 4.78 is 5.92. The molecule has 0 saturated carbocycles. The SMILES string of the molecule is O=C(CSc1nnc(NC(=O)COc2ccc(Cl)cc2)s1)Nc1cccc(Cl)c1. The molecule has 0 radical (unpaired) electrons. The van der Waals surface area contributed by atoms with Gasteiger partial charge in [-0.25, -0.2) is 0 Å². The van der Waals surface area contributed by atoms with Gasteiger partial charge in [-0.15, -0.1) is 10.2 Å². The summed E-state index contributed by atoms with van der Waals surface area (Å²) in [6.07, 6.45) is 0. The summed E-state index contributed by atoms with van der Waals surface area (Å²) in [5.41, 5.74) is 0.619. The summed E-state index contributed by atoms with van der Waals surface area (Å²) in [6, 6.07) is 13.6. The molecular weight excluding hydrogens is 455 g/mol. The average Bonchev–Trinajstić information content (AvgIpc) is 3.13. The van der Waals surface area contributed by atoms with E-state index in [-0.39, 0.29) is 24.2 Å². The highest BCUT2D eigenvalue weighted by Gasteiger charge is 2.11. The van der Waals surface area contributed by atoms with Crippen molar-refractivity contribution in [2.75, 3.05) is 23.0 Å². The van der Waals surface area contributed by atoms with E-state index in [9.17, 15) is 9.59 Å². The molecule has 1 aromatic heterocycles. The van der Waals surface area contributed by atoms with Crippen molar-refractivity contribution < 1.29 is 14.3 Å². The smallest absolute Gasteiger partial charge is 0.264 e. The normalized spacial score (nSPS) is 10.4. The molecule has 0 unspecified atom stereocenters. The van der Waals surface area contributed by atoms with Gasteiger partial charge >= 0.3 is 0 Å². The fourth-order valence-corrected chi connectivity index (χ4v) is 3.93. The Balaban J connectivity index is 1.42. The van der Waals surface area contributed by atoms with Gasteiger partial charge in [-0.2, -0.15) is 0 Å². The number of halogens is 2. The van der Waals surface area contributed by atoms with Crippen molar-refractivity contribution in [1.29, 1.82) is 0 Å². The first-order valence-corrected chi connectivity index (χ1v) is 10.7. The fraction of sp³-hybridized carbons (Fsp3) is 0.111. The Morgan fingerprint density at radius 2 is 1.79 bits per heavy atom. The van der Waals surface area contributed by atoms with Gasteiger partial charge in [0.15, 0.2) is 10.9 Å². The molecule has 150 valence electrons. The lowest BCUT2D eigenvalue weighted by molar-refractivity contribution is -0.118. The molecule has 3 rings (SSSR count). The zero-order valence-corrected chi connectivity index (χ0v) is 17.9. The highest BCUT2D eigenvalue weighted by Crippen LogP contribution is 2.26. The van der Waals surface area contributed by atoms with Crippen LogP contribution in [0.15, 0.2) is 52.9 Å². The summed E-state index contributed by atoms with van der Waals surface area (Å²) in [6.45, 7) is -0.175. The maximum Gasteiger partial charge on any atom is 0.264 e. The Hall–Kier alpha value is -2.33. The average molecular weight is 469 g/mol. The van der Waals surface area contributed by atoms with Crippen LogP contribution in [0.2, 0.25) is 10.0 Å². The van der Waals surface area contributed by atoms with E-state index in [0.29, 0.717) is 31.0 Å². The van der Waals surface area contributed by atoms with Crippen LogP contribution in [-0.4, -0.2) is 34.4 Å². The molecule has 1 heterocycles. The number of carbonyl (C=O) groups excluding carboxylic acids is 2. The van der Waals surface area contributed by atoms with E-state index in [4.69, 9.17) is 27.9 Å². The molecule has 29 heavy (non-hydrogen) atoms. The van der Waals surface area contributed by atoms with E-state index >= 15 is 0 Å². The third-order valence-electron chi connectivity index (χ3n) is 3.27. The minimum Gasteiger partial charge on any atom is -0.484 e. The van der Waals surface area contributed by atoms with Gasteiger partial charge in [-0.1, -0.05) is 52.4 Å². The van der Waals surface area contributed by atoms with Crippen molar-refractivity contribution in [3.63, 3.8) is 0 Å². The highest BCUT2D eigenvalue weighted by molar-refractivity contribution is 8.01. The summed E-state index contributed by atoms with van der Waals surface area (Å²) in [4.78, 5) is 24.0. The van der Waals surface area contributed by atoms with Crippen LogP contribution >= 0.6 is 46.3 Å². The topological polar surface area (TPSA) is 93.2 Å². The van der Waals surface area contributed by atoms with Crippen LogP contribution in [0.1, 0.15) is 0 Å².